The quantitative estimate of drug-likeness (QED) is 0.684. The summed E-state index contributed by atoms with van der Waals surface area (Å²) in [6.45, 7) is 0.235. The Morgan fingerprint density at radius 1 is 1.13 bits per heavy atom. The maximum absolute atomic E-state index is 12.8. The highest BCUT2D eigenvalue weighted by atomic mass is 16.6. The zero-order valence-electron chi connectivity index (χ0n) is 16.8. The van der Waals surface area contributed by atoms with E-state index in [9.17, 15) is 9.90 Å². The van der Waals surface area contributed by atoms with Crippen molar-refractivity contribution in [3.8, 4) is 17.2 Å². The van der Waals surface area contributed by atoms with Gasteiger partial charge >= 0.3 is 6.09 Å². The number of hydrogen-bond donors (Lipinski definition) is 2. The second-order valence-electron chi connectivity index (χ2n) is 7.38. The maximum Gasteiger partial charge on any atom is 0.411 e. The molecule has 3 heterocycles. The Bertz CT molecular complexity index is 1110. The number of hydrogen-bond acceptors (Lipinski definition) is 6. The smallest absolute Gasteiger partial charge is 0.411 e. The molecule has 2 N–H and O–H groups in total. The molecule has 8 nitrogen and oxygen atoms in total. The van der Waals surface area contributed by atoms with E-state index in [1.807, 2.05) is 24.3 Å². The van der Waals surface area contributed by atoms with E-state index in [2.05, 4.69) is 4.98 Å². The van der Waals surface area contributed by atoms with Gasteiger partial charge < -0.3 is 29.0 Å². The Hall–Kier alpha value is -3.39. The number of para-hydroxylation sites is 1. The van der Waals surface area contributed by atoms with E-state index in [1.54, 1.807) is 24.1 Å². The third-order valence-corrected chi connectivity index (χ3v) is 5.98. The number of carbonyl (C=O) groups is 1. The molecular formula is C22H22N2O6. The molecular weight excluding hydrogens is 388 g/mol. The van der Waals surface area contributed by atoms with Crippen LogP contribution < -0.4 is 9.47 Å². The zero-order valence-corrected chi connectivity index (χ0v) is 16.8. The number of ether oxygens (including phenoxy) is 4. The summed E-state index contributed by atoms with van der Waals surface area (Å²) in [7, 11) is 4.59. The van der Waals surface area contributed by atoms with Crippen LogP contribution in [-0.4, -0.2) is 55.1 Å². The molecule has 1 fully saturated rings. The van der Waals surface area contributed by atoms with Gasteiger partial charge in [0.25, 0.3) is 0 Å². The number of carbonyl (C=O) groups excluding carboxylic acids is 1. The minimum atomic E-state index is -0.484. The Labute approximate surface area is 172 Å². The summed E-state index contributed by atoms with van der Waals surface area (Å²) in [6.07, 6.45) is -0.748. The summed E-state index contributed by atoms with van der Waals surface area (Å²) in [5.74, 6) is 0.437. The van der Waals surface area contributed by atoms with Gasteiger partial charge in [-0.25, -0.2) is 4.79 Å². The summed E-state index contributed by atoms with van der Waals surface area (Å²) >= 11 is 0. The molecule has 8 heteroatoms. The van der Waals surface area contributed by atoms with Crippen LogP contribution in [0, 0.1) is 0 Å². The molecule has 2 aliphatic rings. The average Bonchev–Trinajstić information content (AvgIpc) is 3.33. The van der Waals surface area contributed by atoms with E-state index in [-0.39, 0.29) is 36.0 Å². The van der Waals surface area contributed by atoms with Crippen LogP contribution >= 0.6 is 0 Å². The number of rotatable bonds is 4. The van der Waals surface area contributed by atoms with Crippen LogP contribution in [0.5, 0.6) is 17.2 Å². The number of cyclic esters (lactones) is 1. The molecule has 1 saturated heterocycles. The summed E-state index contributed by atoms with van der Waals surface area (Å²) in [6, 6.07) is 10.6. The van der Waals surface area contributed by atoms with E-state index >= 15 is 0 Å². The van der Waals surface area contributed by atoms with E-state index < -0.39 is 12.1 Å². The molecule has 0 spiro atoms. The second kappa shape index (κ2) is 6.84. The highest BCUT2D eigenvalue weighted by molar-refractivity contribution is 5.87. The first kappa shape index (κ1) is 18.6. The van der Waals surface area contributed by atoms with Gasteiger partial charge in [-0.15, -0.1) is 0 Å². The molecule has 5 rings (SSSR count). The average molecular weight is 410 g/mol. The van der Waals surface area contributed by atoms with Crippen LogP contribution in [0.1, 0.15) is 29.0 Å². The summed E-state index contributed by atoms with van der Waals surface area (Å²) in [4.78, 5) is 17.9. The number of fused-ring (bicyclic) bond motifs is 4. The van der Waals surface area contributed by atoms with Crippen molar-refractivity contribution < 1.29 is 28.8 Å². The van der Waals surface area contributed by atoms with Gasteiger partial charge in [-0.2, -0.15) is 0 Å². The Balaban J connectivity index is 1.80. The fraction of sp³-hybridized carbons (Fsp3) is 0.318. The van der Waals surface area contributed by atoms with Crippen molar-refractivity contribution in [1.82, 2.24) is 9.88 Å². The second-order valence-corrected chi connectivity index (χ2v) is 7.38. The number of nitrogens with one attached hydrogen (secondary N) is 1. The topological polar surface area (TPSA) is 93.3 Å². The molecule has 156 valence electrons. The summed E-state index contributed by atoms with van der Waals surface area (Å²) in [5.41, 5.74) is 3.53. The molecule has 3 atom stereocenters. The normalized spacial score (nSPS) is 22.6. The molecule has 3 aromatic rings. The van der Waals surface area contributed by atoms with Crippen molar-refractivity contribution in [3.63, 3.8) is 0 Å². The third-order valence-electron chi connectivity index (χ3n) is 5.98. The molecule has 1 aromatic heterocycles. The van der Waals surface area contributed by atoms with Crippen molar-refractivity contribution in [2.45, 2.75) is 18.2 Å². The number of aromatic nitrogens is 1. The third kappa shape index (κ3) is 2.46. The molecule has 2 aliphatic heterocycles. The number of aromatic hydroxyl groups is 1. The minimum Gasteiger partial charge on any atom is -0.502 e. The van der Waals surface area contributed by atoms with E-state index in [0.717, 1.165) is 27.7 Å². The standard InChI is InChI=1S/C22H22N2O6/c1-27-15-8-11(9-16(28-2)20(15)25)19-18-17(12-6-4-5-7-13(12)23-18)21(29-3)14-10-30-22(26)24(14)19/h4-9,14,19,21,23,25H,10H2,1-3H3/t14-,19-,21+/m1/s1. The number of methoxy groups -OCH3 is 3. The monoisotopic (exact) mass is 410 g/mol. The first-order valence-corrected chi connectivity index (χ1v) is 9.62. The first-order chi connectivity index (χ1) is 14.6. The predicted molar refractivity (Wildman–Crippen MR) is 108 cm³/mol. The van der Waals surface area contributed by atoms with Crippen molar-refractivity contribution in [2.75, 3.05) is 27.9 Å². The highest BCUT2D eigenvalue weighted by Gasteiger charge is 2.51. The first-order valence-electron chi connectivity index (χ1n) is 9.62. The molecule has 1 amide bonds. The number of phenols is 1. The SMILES string of the molecule is COc1cc([C@@H]2c3[nH]c4ccccc4c3[C@@H](OC)[C@H]3COC(=O)N23)cc(OC)c1O. The van der Waals surface area contributed by atoms with Gasteiger partial charge in [0.05, 0.1) is 14.2 Å². The molecule has 2 aromatic carbocycles. The number of amides is 1. The fourth-order valence-corrected chi connectivity index (χ4v) is 4.69. The lowest BCUT2D eigenvalue weighted by Crippen LogP contribution is -2.46. The summed E-state index contributed by atoms with van der Waals surface area (Å²) < 4.78 is 22.0. The van der Waals surface area contributed by atoms with Crippen LogP contribution in [0.4, 0.5) is 4.79 Å². The molecule has 30 heavy (non-hydrogen) atoms. The molecule has 0 radical (unpaired) electrons. The largest absolute Gasteiger partial charge is 0.502 e. The van der Waals surface area contributed by atoms with E-state index in [0.29, 0.717) is 0 Å². The Morgan fingerprint density at radius 2 is 1.83 bits per heavy atom. The van der Waals surface area contributed by atoms with E-state index in [4.69, 9.17) is 18.9 Å². The van der Waals surface area contributed by atoms with Crippen LogP contribution in [-0.2, 0) is 9.47 Å². The van der Waals surface area contributed by atoms with Crippen molar-refractivity contribution in [2.24, 2.45) is 0 Å². The number of phenolic OH excluding ortho intramolecular Hbond substituents is 1. The van der Waals surface area contributed by atoms with Crippen LogP contribution in [0.25, 0.3) is 10.9 Å². The van der Waals surface area contributed by atoms with Gasteiger partial charge in [-0.3, -0.25) is 4.90 Å². The van der Waals surface area contributed by atoms with Crippen molar-refractivity contribution in [1.29, 1.82) is 0 Å². The molecule has 0 bridgehead atoms. The van der Waals surface area contributed by atoms with Gasteiger partial charge in [0, 0.05) is 29.3 Å². The number of benzene rings is 2. The Morgan fingerprint density at radius 3 is 2.50 bits per heavy atom. The minimum absolute atomic E-state index is 0.0910. The molecule has 0 unspecified atom stereocenters. The lowest BCUT2D eigenvalue weighted by molar-refractivity contribution is 0.0202. The predicted octanol–water partition coefficient (Wildman–Crippen LogP) is 3.50. The highest BCUT2D eigenvalue weighted by Crippen LogP contribution is 2.50. The lowest BCUT2D eigenvalue weighted by atomic mass is 9.86. The lowest BCUT2D eigenvalue weighted by Gasteiger charge is -2.40. The van der Waals surface area contributed by atoms with Crippen LogP contribution in [0.2, 0.25) is 0 Å². The van der Waals surface area contributed by atoms with Gasteiger partial charge in [-0.1, -0.05) is 18.2 Å². The van der Waals surface area contributed by atoms with Crippen molar-refractivity contribution in [3.05, 3.63) is 53.2 Å². The fourth-order valence-electron chi connectivity index (χ4n) is 4.69. The summed E-state index contributed by atoms with van der Waals surface area (Å²) in [5, 5.41) is 11.4. The molecule has 0 saturated carbocycles. The van der Waals surface area contributed by atoms with Crippen LogP contribution in [0.3, 0.4) is 0 Å². The Kier molecular flexibility index (Phi) is 4.25. The van der Waals surface area contributed by atoms with E-state index in [1.165, 1.54) is 14.2 Å². The number of nitrogens with zero attached hydrogens (tertiary/aromatic N) is 1. The van der Waals surface area contributed by atoms with Gasteiger partial charge in [0.2, 0.25) is 5.75 Å². The van der Waals surface area contributed by atoms with Crippen LogP contribution in [0.15, 0.2) is 36.4 Å². The van der Waals surface area contributed by atoms with Crippen molar-refractivity contribution >= 4 is 17.0 Å². The van der Waals surface area contributed by atoms with Gasteiger partial charge in [0.15, 0.2) is 11.5 Å². The number of H-pyrrole nitrogens is 1. The van der Waals surface area contributed by atoms with Gasteiger partial charge in [-0.05, 0) is 23.8 Å². The molecule has 0 aliphatic carbocycles. The number of aromatic amines is 1. The zero-order chi connectivity index (χ0) is 21.0. The maximum atomic E-state index is 12.8. The van der Waals surface area contributed by atoms with Gasteiger partial charge in [0.1, 0.15) is 24.8 Å².